The highest BCUT2D eigenvalue weighted by atomic mass is 32.1. The number of hydrogen-bond donors (Lipinski definition) is 2. The van der Waals surface area contributed by atoms with E-state index in [0.29, 0.717) is 13.0 Å². The summed E-state index contributed by atoms with van der Waals surface area (Å²) in [7, 11) is 0. The fraction of sp³-hybridized carbons (Fsp3) is 0.389. The molecule has 0 saturated carbocycles. The number of carbonyl (C=O) groups excluding carboxylic acids is 1. The van der Waals surface area contributed by atoms with Crippen LogP contribution in [0.15, 0.2) is 41.1 Å². The minimum atomic E-state index is -0.481. The standard InChI is InChI=1S/C18H22N2O2S/c1-13(19-11-17(21)15-8-10-23-12-15)14-4-6-16(7-5-14)20-9-2-3-18(20)22/h4-8,10,12-13,17,19,21H,2-3,9,11H2,1H3. The molecule has 4 nitrogen and oxygen atoms in total. The molecular formula is C18H22N2O2S. The number of hydrogen-bond acceptors (Lipinski definition) is 4. The first kappa shape index (κ1) is 16.2. The molecule has 1 aliphatic heterocycles. The van der Waals surface area contributed by atoms with E-state index in [1.165, 1.54) is 0 Å². The summed E-state index contributed by atoms with van der Waals surface area (Å²) in [6.07, 6.45) is 1.12. The summed E-state index contributed by atoms with van der Waals surface area (Å²) >= 11 is 1.59. The number of nitrogens with zero attached hydrogens (tertiary/aromatic N) is 1. The van der Waals surface area contributed by atoms with Gasteiger partial charge in [0.2, 0.25) is 5.91 Å². The van der Waals surface area contributed by atoms with Crippen LogP contribution in [0.4, 0.5) is 5.69 Å². The Morgan fingerprint density at radius 2 is 2.04 bits per heavy atom. The van der Waals surface area contributed by atoms with Gasteiger partial charge >= 0.3 is 0 Å². The van der Waals surface area contributed by atoms with E-state index < -0.39 is 6.10 Å². The molecule has 1 aromatic heterocycles. The van der Waals surface area contributed by atoms with Crippen molar-refractivity contribution in [1.29, 1.82) is 0 Å². The van der Waals surface area contributed by atoms with Gasteiger partial charge < -0.3 is 15.3 Å². The Balaban J connectivity index is 1.57. The molecule has 5 heteroatoms. The number of carbonyl (C=O) groups is 1. The van der Waals surface area contributed by atoms with Gasteiger partial charge in [-0.1, -0.05) is 12.1 Å². The Bertz CT molecular complexity index is 640. The molecule has 1 fully saturated rings. The Hall–Kier alpha value is -1.69. The maximum atomic E-state index is 11.8. The molecule has 2 unspecified atom stereocenters. The molecule has 0 aliphatic carbocycles. The van der Waals surface area contributed by atoms with E-state index in [2.05, 4.69) is 24.4 Å². The third kappa shape index (κ3) is 3.80. The molecule has 122 valence electrons. The molecule has 1 amide bonds. The molecule has 0 spiro atoms. The second kappa shape index (κ2) is 7.25. The molecule has 2 aromatic rings. The SMILES string of the molecule is CC(NCC(O)c1ccsc1)c1ccc(N2CCCC2=O)cc1. The second-order valence-electron chi connectivity index (χ2n) is 5.94. The quantitative estimate of drug-likeness (QED) is 0.855. The molecule has 1 aliphatic rings. The number of benzene rings is 1. The monoisotopic (exact) mass is 330 g/mol. The van der Waals surface area contributed by atoms with Crippen molar-refractivity contribution in [1.82, 2.24) is 5.32 Å². The van der Waals surface area contributed by atoms with Gasteiger partial charge in [0.05, 0.1) is 6.10 Å². The van der Waals surface area contributed by atoms with Gasteiger partial charge in [-0.25, -0.2) is 0 Å². The lowest BCUT2D eigenvalue weighted by molar-refractivity contribution is -0.117. The van der Waals surface area contributed by atoms with Crippen LogP contribution in [-0.4, -0.2) is 24.1 Å². The fourth-order valence-electron chi connectivity index (χ4n) is 2.85. The minimum Gasteiger partial charge on any atom is -0.387 e. The Morgan fingerprint density at radius 1 is 1.26 bits per heavy atom. The lowest BCUT2D eigenvalue weighted by Gasteiger charge is -2.19. The van der Waals surface area contributed by atoms with Gasteiger partial charge in [0.1, 0.15) is 0 Å². The van der Waals surface area contributed by atoms with Crippen molar-refractivity contribution in [2.75, 3.05) is 18.0 Å². The van der Waals surface area contributed by atoms with Crippen LogP contribution >= 0.6 is 11.3 Å². The highest BCUT2D eigenvalue weighted by Crippen LogP contribution is 2.24. The van der Waals surface area contributed by atoms with Gasteiger partial charge in [-0.15, -0.1) is 0 Å². The molecule has 23 heavy (non-hydrogen) atoms. The van der Waals surface area contributed by atoms with Gasteiger partial charge in [0.15, 0.2) is 0 Å². The summed E-state index contributed by atoms with van der Waals surface area (Å²) in [5, 5.41) is 17.4. The molecule has 2 N–H and O–H groups in total. The van der Waals surface area contributed by atoms with Crippen molar-refractivity contribution in [2.45, 2.75) is 31.9 Å². The predicted molar refractivity (Wildman–Crippen MR) is 93.7 cm³/mol. The molecule has 0 radical (unpaired) electrons. The molecule has 0 bridgehead atoms. The van der Waals surface area contributed by atoms with E-state index in [4.69, 9.17) is 0 Å². The van der Waals surface area contributed by atoms with Crippen molar-refractivity contribution in [3.63, 3.8) is 0 Å². The largest absolute Gasteiger partial charge is 0.387 e. The highest BCUT2D eigenvalue weighted by Gasteiger charge is 2.21. The van der Waals surface area contributed by atoms with E-state index in [9.17, 15) is 9.90 Å². The third-order valence-electron chi connectivity index (χ3n) is 4.32. The molecule has 2 atom stereocenters. The lowest BCUT2D eigenvalue weighted by atomic mass is 10.1. The van der Waals surface area contributed by atoms with Crippen molar-refractivity contribution in [3.8, 4) is 0 Å². The van der Waals surface area contributed by atoms with Crippen molar-refractivity contribution in [3.05, 3.63) is 52.2 Å². The van der Waals surface area contributed by atoms with Gasteiger partial charge in [0.25, 0.3) is 0 Å². The van der Waals surface area contributed by atoms with Gasteiger partial charge in [-0.2, -0.15) is 11.3 Å². The zero-order valence-corrected chi connectivity index (χ0v) is 14.1. The molecule has 2 heterocycles. The molecular weight excluding hydrogens is 308 g/mol. The predicted octanol–water partition coefficient (Wildman–Crippen LogP) is 3.26. The topological polar surface area (TPSA) is 52.6 Å². The highest BCUT2D eigenvalue weighted by molar-refractivity contribution is 7.07. The van der Waals surface area contributed by atoms with E-state index in [1.807, 2.05) is 33.9 Å². The van der Waals surface area contributed by atoms with E-state index in [0.717, 1.165) is 29.8 Å². The summed E-state index contributed by atoms with van der Waals surface area (Å²) in [6, 6.07) is 10.2. The summed E-state index contributed by atoms with van der Waals surface area (Å²) in [5.41, 5.74) is 3.08. The number of anilines is 1. The number of aliphatic hydroxyl groups is 1. The maximum Gasteiger partial charge on any atom is 0.227 e. The molecule has 1 aromatic carbocycles. The van der Waals surface area contributed by atoms with Crippen molar-refractivity contribution in [2.24, 2.45) is 0 Å². The average molecular weight is 330 g/mol. The fourth-order valence-corrected chi connectivity index (χ4v) is 3.56. The normalized spacial score (nSPS) is 17.5. The van der Waals surface area contributed by atoms with Crippen LogP contribution in [0.1, 0.15) is 43.0 Å². The Kier molecular flexibility index (Phi) is 5.10. The van der Waals surface area contributed by atoms with Crippen LogP contribution in [-0.2, 0) is 4.79 Å². The van der Waals surface area contributed by atoms with Crippen LogP contribution in [0.3, 0.4) is 0 Å². The summed E-state index contributed by atoms with van der Waals surface area (Å²) in [6.45, 7) is 3.42. The van der Waals surface area contributed by atoms with Crippen LogP contribution in [0.5, 0.6) is 0 Å². The first-order chi connectivity index (χ1) is 11.1. The number of thiophene rings is 1. The van der Waals surface area contributed by atoms with Crippen LogP contribution < -0.4 is 10.2 Å². The van der Waals surface area contributed by atoms with E-state index in [1.54, 1.807) is 11.3 Å². The third-order valence-corrected chi connectivity index (χ3v) is 5.02. The second-order valence-corrected chi connectivity index (χ2v) is 6.72. The van der Waals surface area contributed by atoms with Crippen molar-refractivity contribution < 1.29 is 9.90 Å². The number of amides is 1. The zero-order valence-electron chi connectivity index (χ0n) is 13.2. The van der Waals surface area contributed by atoms with E-state index in [-0.39, 0.29) is 11.9 Å². The smallest absolute Gasteiger partial charge is 0.227 e. The number of aliphatic hydroxyl groups excluding tert-OH is 1. The minimum absolute atomic E-state index is 0.145. The molecule has 3 rings (SSSR count). The van der Waals surface area contributed by atoms with E-state index >= 15 is 0 Å². The van der Waals surface area contributed by atoms with Gasteiger partial charge in [-0.3, -0.25) is 4.79 Å². The number of rotatable bonds is 6. The summed E-state index contributed by atoms with van der Waals surface area (Å²) < 4.78 is 0. The summed E-state index contributed by atoms with van der Waals surface area (Å²) in [5.74, 6) is 0.211. The van der Waals surface area contributed by atoms with Gasteiger partial charge in [0, 0.05) is 31.2 Å². The zero-order chi connectivity index (χ0) is 16.2. The van der Waals surface area contributed by atoms with Crippen LogP contribution in [0, 0.1) is 0 Å². The maximum absolute atomic E-state index is 11.8. The first-order valence-corrected chi connectivity index (χ1v) is 8.93. The Labute approximate surface area is 140 Å². The van der Waals surface area contributed by atoms with Gasteiger partial charge in [-0.05, 0) is 53.4 Å². The first-order valence-electron chi connectivity index (χ1n) is 7.99. The number of nitrogens with one attached hydrogen (secondary N) is 1. The summed E-state index contributed by atoms with van der Waals surface area (Å²) in [4.78, 5) is 13.6. The lowest BCUT2D eigenvalue weighted by Crippen LogP contribution is -2.25. The van der Waals surface area contributed by atoms with Crippen molar-refractivity contribution >= 4 is 22.9 Å². The van der Waals surface area contributed by atoms with Crippen LogP contribution in [0.2, 0.25) is 0 Å². The molecule has 1 saturated heterocycles. The van der Waals surface area contributed by atoms with Crippen LogP contribution in [0.25, 0.3) is 0 Å². The average Bonchev–Trinajstić information content (AvgIpc) is 3.24. The Morgan fingerprint density at radius 3 is 2.65 bits per heavy atom.